The van der Waals surface area contributed by atoms with Crippen molar-refractivity contribution in [3.05, 3.63) is 29.3 Å². The number of ether oxygens (including phenoxy) is 1. The molecule has 3 rings (SSSR count). The third-order valence-electron chi connectivity index (χ3n) is 4.81. The molecule has 1 aromatic carbocycles. The van der Waals surface area contributed by atoms with Crippen LogP contribution in [0.5, 0.6) is 5.75 Å². The molecule has 0 radical (unpaired) electrons. The first-order chi connectivity index (χ1) is 10.6. The largest absolute Gasteiger partial charge is 0.497 e. The summed E-state index contributed by atoms with van der Waals surface area (Å²) in [4.78, 5) is 18.1. The highest BCUT2D eigenvalue weighted by molar-refractivity contribution is 5.73. The highest BCUT2D eigenvalue weighted by atomic mass is 16.5. The van der Waals surface area contributed by atoms with Crippen LogP contribution in [0.4, 0.5) is 4.79 Å². The first kappa shape index (κ1) is 15.2. The summed E-state index contributed by atoms with van der Waals surface area (Å²) in [6, 6.07) is 7.02. The van der Waals surface area contributed by atoms with E-state index in [1.165, 1.54) is 17.5 Å². The number of fused-ring (bicyclic) bond motifs is 1. The van der Waals surface area contributed by atoms with Crippen LogP contribution in [-0.2, 0) is 6.42 Å². The van der Waals surface area contributed by atoms with Crippen LogP contribution in [0.15, 0.2) is 18.2 Å². The molecular formula is C17H25N3O2. The predicted molar refractivity (Wildman–Crippen MR) is 86.3 cm³/mol. The molecule has 1 heterocycles. The lowest BCUT2D eigenvalue weighted by molar-refractivity contribution is 0.0974. The Hall–Kier alpha value is -1.75. The molecule has 1 unspecified atom stereocenters. The van der Waals surface area contributed by atoms with E-state index in [2.05, 4.69) is 23.1 Å². The van der Waals surface area contributed by atoms with Gasteiger partial charge in [0.05, 0.1) is 7.11 Å². The van der Waals surface area contributed by atoms with Crippen LogP contribution in [0.25, 0.3) is 0 Å². The molecule has 1 fully saturated rings. The molecule has 0 N–H and O–H groups in total. The van der Waals surface area contributed by atoms with Crippen molar-refractivity contribution in [1.29, 1.82) is 0 Å². The third kappa shape index (κ3) is 2.77. The van der Waals surface area contributed by atoms with Crippen LogP contribution in [0, 0.1) is 0 Å². The van der Waals surface area contributed by atoms with E-state index < -0.39 is 0 Å². The number of methoxy groups -OCH3 is 1. The maximum Gasteiger partial charge on any atom is 0.319 e. The molecule has 0 spiro atoms. The lowest BCUT2D eigenvalue weighted by atomic mass is 10.1. The number of urea groups is 1. The van der Waals surface area contributed by atoms with E-state index in [1.54, 1.807) is 12.0 Å². The number of hydrogen-bond donors (Lipinski definition) is 0. The Morgan fingerprint density at radius 3 is 2.59 bits per heavy atom. The van der Waals surface area contributed by atoms with Gasteiger partial charge < -0.3 is 14.5 Å². The average molecular weight is 303 g/mol. The van der Waals surface area contributed by atoms with Crippen molar-refractivity contribution in [2.45, 2.75) is 18.9 Å². The Bertz CT molecular complexity index is 551. The fraction of sp³-hybridized carbons (Fsp3) is 0.588. The van der Waals surface area contributed by atoms with E-state index in [0.717, 1.165) is 38.3 Å². The van der Waals surface area contributed by atoms with Crippen molar-refractivity contribution < 1.29 is 9.53 Å². The lowest BCUT2D eigenvalue weighted by Gasteiger charge is -2.39. The van der Waals surface area contributed by atoms with Gasteiger partial charge in [0, 0.05) is 46.3 Å². The zero-order chi connectivity index (χ0) is 15.7. The molecule has 1 aromatic rings. The zero-order valence-electron chi connectivity index (χ0n) is 13.7. The van der Waals surface area contributed by atoms with Crippen LogP contribution in [0.1, 0.15) is 23.6 Å². The number of amides is 2. The van der Waals surface area contributed by atoms with E-state index in [4.69, 9.17) is 4.74 Å². The molecular weight excluding hydrogens is 278 g/mol. The molecule has 1 saturated heterocycles. The minimum absolute atomic E-state index is 0.119. The zero-order valence-corrected chi connectivity index (χ0v) is 13.7. The van der Waals surface area contributed by atoms with Crippen LogP contribution in [0.3, 0.4) is 0 Å². The van der Waals surface area contributed by atoms with Gasteiger partial charge in [0.1, 0.15) is 5.75 Å². The Morgan fingerprint density at radius 1 is 1.23 bits per heavy atom. The Labute approximate surface area is 132 Å². The van der Waals surface area contributed by atoms with Crippen molar-refractivity contribution >= 4 is 6.03 Å². The van der Waals surface area contributed by atoms with Crippen molar-refractivity contribution in [2.75, 3.05) is 47.4 Å². The van der Waals surface area contributed by atoms with Gasteiger partial charge >= 0.3 is 6.03 Å². The number of benzene rings is 1. The van der Waals surface area contributed by atoms with Gasteiger partial charge in [-0.3, -0.25) is 4.90 Å². The monoisotopic (exact) mass is 303 g/mol. The average Bonchev–Trinajstić information content (AvgIpc) is 2.97. The minimum atomic E-state index is 0.119. The maximum absolute atomic E-state index is 12.0. The van der Waals surface area contributed by atoms with E-state index in [9.17, 15) is 4.79 Å². The van der Waals surface area contributed by atoms with E-state index in [-0.39, 0.29) is 6.03 Å². The quantitative estimate of drug-likeness (QED) is 0.838. The first-order valence-corrected chi connectivity index (χ1v) is 7.97. The second-order valence-corrected chi connectivity index (χ2v) is 6.32. The second kappa shape index (κ2) is 6.16. The summed E-state index contributed by atoms with van der Waals surface area (Å²) >= 11 is 0. The Morgan fingerprint density at radius 2 is 1.95 bits per heavy atom. The minimum Gasteiger partial charge on any atom is -0.497 e. The Kier molecular flexibility index (Phi) is 4.25. The van der Waals surface area contributed by atoms with Gasteiger partial charge in [-0.15, -0.1) is 0 Å². The van der Waals surface area contributed by atoms with E-state index >= 15 is 0 Å². The Balaban J connectivity index is 1.68. The van der Waals surface area contributed by atoms with Crippen molar-refractivity contribution in [3.8, 4) is 5.75 Å². The molecule has 2 amide bonds. The molecule has 0 saturated carbocycles. The molecule has 22 heavy (non-hydrogen) atoms. The SMILES string of the molecule is COc1ccc2c(c1)C(N1CCN(C(=O)N(C)C)CC1)CC2. The summed E-state index contributed by atoms with van der Waals surface area (Å²) in [6.07, 6.45) is 2.31. The molecule has 5 nitrogen and oxygen atoms in total. The van der Waals surface area contributed by atoms with Gasteiger partial charge in [0.15, 0.2) is 0 Å². The second-order valence-electron chi connectivity index (χ2n) is 6.32. The number of carbonyl (C=O) groups excluding carboxylic acids is 1. The van der Waals surface area contributed by atoms with Gasteiger partial charge in [-0.1, -0.05) is 6.07 Å². The number of rotatable bonds is 2. The molecule has 0 bridgehead atoms. The van der Waals surface area contributed by atoms with E-state index in [0.29, 0.717) is 6.04 Å². The number of piperazine rings is 1. The van der Waals surface area contributed by atoms with Crippen LogP contribution < -0.4 is 4.74 Å². The molecule has 1 atom stereocenters. The summed E-state index contributed by atoms with van der Waals surface area (Å²) in [5.41, 5.74) is 2.85. The fourth-order valence-electron chi connectivity index (χ4n) is 3.57. The molecule has 2 aliphatic rings. The highest BCUT2D eigenvalue weighted by Crippen LogP contribution is 2.38. The number of aryl methyl sites for hydroxylation is 1. The lowest BCUT2D eigenvalue weighted by Crippen LogP contribution is -2.51. The van der Waals surface area contributed by atoms with Crippen molar-refractivity contribution in [3.63, 3.8) is 0 Å². The molecule has 0 aromatic heterocycles. The molecule has 120 valence electrons. The first-order valence-electron chi connectivity index (χ1n) is 7.97. The molecule has 5 heteroatoms. The summed E-state index contributed by atoms with van der Waals surface area (Å²) in [7, 11) is 5.35. The molecule has 1 aliphatic heterocycles. The third-order valence-corrected chi connectivity index (χ3v) is 4.81. The van der Waals surface area contributed by atoms with Crippen LogP contribution >= 0.6 is 0 Å². The van der Waals surface area contributed by atoms with Crippen molar-refractivity contribution in [2.24, 2.45) is 0 Å². The number of carbonyl (C=O) groups is 1. The predicted octanol–water partition coefficient (Wildman–Crippen LogP) is 1.98. The van der Waals surface area contributed by atoms with Crippen LogP contribution in [-0.4, -0.2) is 68.1 Å². The standard InChI is InChI=1S/C17H25N3O2/c1-18(2)17(21)20-10-8-19(9-11-20)16-7-5-13-4-6-14(22-3)12-15(13)16/h4,6,12,16H,5,7-11H2,1-3H3. The normalized spacial score (nSPS) is 21.6. The maximum atomic E-state index is 12.0. The highest BCUT2D eigenvalue weighted by Gasteiger charge is 2.31. The summed E-state index contributed by atoms with van der Waals surface area (Å²) in [5.74, 6) is 0.937. The van der Waals surface area contributed by atoms with Gasteiger partial charge in [-0.05, 0) is 36.1 Å². The van der Waals surface area contributed by atoms with Gasteiger partial charge in [-0.25, -0.2) is 4.79 Å². The van der Waals surface area contributed by atoms with Gasteiger partial charge in [0.2, 0.25) is 0 Å². The summed E-state index contributed by atoms with van der Waals surface area (Å²) in [5, 5.41) is 0. The van der Waals surface area contributed by atoms with Gasteiger partial charge in [0.25, 0.3) is 0 Å². The summed E-state index contributed by atoms with van der Waals surface area (Å²) in [6.45, 7) is 3.52. The smallest absolute Gasteiger partial charge is 0.319 e. The fourth-order valence-corrected chi connectivity index (χ4v) is 3.57. The van der Waals surface area contributed by atoms with Crippen LogP contribution in [0.2, 0.25) is 0 Å². The molecule has 1 aliphatic carbocycles. The van der Waals surface area contributed by atoms with Gasteiger partial charge in [-0.2, -0.15) is 0 Å². The summed E-state index contributed by atoms with van der Waals surface area (Å²) < 4.78 is 5.37. The number of hydrogen-bond acceptors (Lipinski definition) is 3. The van der Waals surface area contributed by atoms with Crippen molar-refractivity contribution in [1.82, 2.24) is 14.7 Å². The topological polar surface area (TPSA) is 36.0 Å². The van der Waals surface area contributed by atoms with E-state index in [1.807, 2.05) is 19.0 Å². The number of nitrogens with zero attached hydrogens (tertiary/aromatic N) is 3.